The number of carbonyl (C=O) groups excluding carboxylic acids is 1. The van der Waals surface area contributed by atoms with Gasteiger partial charge in [-0.2, -0.15) is 15.0 Å². The first kappa shape index (κ1) is 20.8. The normalized spacial score (nSPS) is 18.1. The lowest BCUT2D eigenvalue weighted by Crippen LogP contribution is -2.41. The first-order valence-electron chi connectivity index (χ1n) is 10.3. The van der Waals surface area contributed by atoms with Gasteiger partial charge in [0.1, 0.15) is 5.76 Å². The number of aryl methyl sites for hydroxylation is 1. The van der Waals surface area contributed by atoms with Crippen LogP contribution in [0.3, 0.4) is 0 Å². The lowest BCUT2D eigenvalue weighted by molar-refractivity contribution is 0.0660. The highest BCUT2D eigenvalue weighted by molar-refractivity contribution is 5.98. The molecular weight excluding hydrogens is 364 g/mol. The number of amides is 1. The van der Waals surface area contributed by atoms with Crippen LogP contribution < -0.4 is 0 Å². The summed E-state index contributed by atoms with van der Waals surface area (Å²) in [4.78, 5) is 16.9. The largest absolute Gasteiger partial charge is 0.467 e. The molecule has 1 unspecified atom stereocenters. The van der Waals surface area contributed by atoms with E-state index in [0.717, 1.165) is 42.9 Å². The minimum absolute atomic E-state index is 0.0179. The number of rotatable bonds is 6. The monoisotopic (exact) mass is 394 g/mol. The van der Waals surface area contributed by atoms with E-state index < -0.39 is 0 Å². The third-order valence-electron chi connectivity index (χ3n) is 5.22. The summed E-state index contributed by atoms with van der Waals surface area (Å²) in [6.07, 6.45) is 10.2. The Morgan fingerprint density at radius 3 is 2.76 bits per heavy atom. The number of allylic oxidation sites excluding steroid dienone is 3. The van der Waals surface area contributed by atoms with Gasteiger partial charge in [0.15, 0.2) is 0 Å². The van der Waals surface area contributed by atoms with Crippen molar-refractivity contribution in [1.82, 2.24) is 19.9 Å². The van der Waals surface area contributed by atoms with Crippen LogP contribution in [0.5, 0.6) is 0 Å². The Bertz CT molecular complexity index is 900. The maximum atomic E-state index is 13.5. The highest BCUT2D eigenvalue weighted by Crippen LogP contribution is 2.28. The van der Waals surface area contributed by atoms with Crippen LogP contribution in [0.2, 0.25) is 0 Å². The van der Waals surface area contributed by atoms with Crippen LogP contribution in [0, 0.1) is 12.8 Å². The van der Waals surface area contributed by atoms with E-state index in [9.17, 15) is 4.79 Å². The molecule has 0 N–H and O–H groups in total. The zero-order valence-electron chi connectivity index (χ0n) is 17.8. The lowest BCUT2D eigenvalue weighted by atomic mass is 9.94. The Hall–Kier alpha value is -2.89. The zero-order chi connectivity index (χ0) is 20.8. The molecule has 1 fully saturated rings. The van der Waals surface area contributed by atoms with Crippen molar-refractivity contribution in [3.63, 3.8) is 0 Å². The van der Waals surface area contributed by atoms with Gasteiger partial charge in [0.2, 0.25) is 0 Å². The van der Waals surface area contributed by atoms with Crippen molar-refractivity contribution in [3.05, 3.63) is 65.4 Å². The molecule has 0 saturated carbocycles. The minimum Gasteiger partial charge on any atom is -0.467 e. The Morgan fingerprint density at radius 2 is 2.07 bits per heavy atom. The van der Waals surface area contributed by atoms with Crippen molar-refractivity contribution < 1.29 is 9.53 Å². The molecule has 2 heterocycles. The second kappa shape index (κ2) is 9.54. The average Bonchev–Trinajstić information content (AvgIpc) is 3.27. The van der Waals surface area contributed by atoms with Gasteiger partial charge in [0, 0.05) is 19.0 Å². The Balaban J connectivity index is 1.85. The average molecular weight is 395 g/mol. The number of nitrogens with zero attached hydrogens (tertiary/aromatic N) is 4. The Morgan fingerprint density at radius 1 is 1.31 bits per heavy atom. The van der Waals surface area contributed by atoms with Gasteiger partial charge in [-0.25, -0.2) is 0 Å². The maximum absolute atomic E-state index is 13.5. The molecular formula is C23H30N4O2. The molecule has 1 aliphatic heterocycles. The molecule has 6 nitrogen and oxygen atoms in total. The minimum atomic E-state index is 0.0179. The van der Waals surface area contributed by atoms with Crippen molar-refractivity contribution in [1.29, 1.82) is 0 Å². The summed E-state index contributed by atoms with van der Waals surface area (Å²) in [6.45, 7) is 9.43. The van der Waals surface area contributed by atoms with Crippen LogP contribution in [0.1, 0.15) is 56.0 Å². The standard InChI is InChI=1S/C23H30N4O2/c1-5-8-22(29-18(4)6-2)19-9-7-14-26(16-19)23(28)20-15-17(3)10-11-21(20)27-24-12-13-25-27/h6,8,10-13,15,19H,5,7,9,14,16H2,1-4H3/b18-6-,22-8+. The van der Waals surface area contributed by atoms with Gasteiger partial charge in [-0.05, 0) is 64.3 Å². The van der Waals surface area contributed by atoms with Gasteiger partial charge < -0.3 is 9.64 Å². The van der Waals surface area contributed by atoms with Crippen LogP contribution in [0.4, 0.5) is 0 Å². The smallest absolute Gasteiger partial charge is 0.256 e. The first-order valence-corrected chi connectivity index (χ1v) is 10.3. The van der Waals surface area contributed by atoms with Gasteiger partial charge in [-0.15, -0.1) is 0 Å². The molecule has 3 rings (SSSR count). The Kier molecular flexibility index (Phi) is 6.86. The van der Waals surface area contributed by atoms with Crippen molar-refractivity contribution >= 4 is 5.91 Å². The van der Waals surface area contributed by atoms with E-state index in [4.69, 9.17) is 4.74 Å². The topological polar surface area (TPSA) is 60.2 Å². The van der Waals surface area contributed by atoms with Crippen molar-refractivity contribution in [2.45, 2.75) is 47.0 Å². The molecule has 0 radical (unpaired) electrons. The molecule has 1 aliphatic rings. The number of carbonyl (C=O) groups is 1. The third-order valence-corrected chi connectivity index (χ3v) is 5.22. The third kappa shape index (κ3) is 4.94. The SMILES string of the molecule is C/C=C(/C)O/C(=C/CC)C1CCCN(C(=O)c2cc(C)ccc2-n2nccn2)C1. The van der Waals surface area contributed by atoms with Gasteiger partial charge in [-0.1, -0.05) is 18.6 Å². The number of likely N-dealkylation sites (tertiary alicyclic amines) is 1. The summed E-state index contributed by atoms with van der Waals surface area (Å²) in [5.41, 5.74) is 2.38. The van der Waals surface area contributed by atoms with Crippen molar-refractivity contribution in [2.75, 3.05) is 13.1 Å². The molecule has 0 bridgehead atoms. The summed E-state index contributed by atoms with van der Waals surface area (Å²) in [6, 6.07) is 5.81. The number of piperidine rings is 1. The molecule has 1 saturated heterocycles. The summed E-state index contributed by atoms with van der Waals surface area (Å²) in [7, 11) is 0. The number of benzene rings is 1. The van der Waals surface area contributed by atoms with Gasteiger partial charge in [-0.3, -0.25) is 4.79 Å². The predicted octanol–water partition coefficient (Wildman–Crippen LogP) is 4.66. The van der Waals surface area contributed by atoms with Crippen molar-refractivity contribution in [2.24, 2.45) is 5.92 Å². The lowest BCUT2D eigenvalue weighted by Gasteiger charge is -2.34. The predicted molar refractivity (Wildman–Crippen MR) is 114 cm³/mol. The Labute approximate surface area is 172 Å². The second-order valence-electron chi connectivity index (χ2n) is 7.45. The summed E-state index contributed by atoms with van der Waals surface area (Å²) in [5.74, 6) is 2.08. The van der Waals surface area contributed by atoms with E-state index in [1.165, 1.54) is 4.80 Å². The van der Waals surface area contributed by atoms with Crippen molar-refractivity contribution in [3.8, 4) is 5.69 Å². The molecule has 1 aromatic heterocycles. The van der Waals surface area contributed by atoms with E-state index in [1.807, 2.05) is 49.9 Å². The fourth-order valence-electron chi connectivity index (χ4n) is 3.64. The highest BCUT2D eigenvalue weighted by atomic mass is 16.5. The quantitative estimate of drug-likeness (QED) is 0.669. The van der Waals surface area contributed by atoms with Crippen LogP contribution in [-0.4, -0.2) is 38.9 Å². The molecule has 1 aromatic carbocycles. The highest BCUT2D eigenvalue weighted by Gasteiger charge is 2.29. The van der Waals surface area contributed by atoms with E-state index in [0.29, 0.717) is 17.8 Å². The maximum Gasteiger partial charge on any atom is 0.256 e. The van der Waals surface area contributed by atoms with Crippen LogP contribution in [0.25, 0.3) is 5.69 Å². The number of aromatic nitrogens is 3. The van der Waals surface area contributed by atoms with E-state index in [1.54, 1.807) is 12.4 Å². The van der Waals surface area contributed by atoms with E-state index in [-0.39, 0.29) is 11.8 Å². The second-order valence-corrected chi connectivity index (χ2v) is 7.45. The number of hydrogen-bond acceptors (Lipinski definition) is 4. The molecule has 154 valence electrons. The van der Waals surface area contributed by atoms with Crippen LogP contribution in [0.15, 0.2) is 54.3 Å². The summed E-state index contributed by atoms with van der Waals surface area (Å²) in [5, 5.41) is 8.43. The van der Waals surface area contributed by atoms with Gasteiger partial charge in [0.05, 0.1) is 29.4 Å². The fourth-order valence-corrected chi connectivity index (χ4v) is 3.64. The van der Waals surface area contributed by atoms with Gasteiger partial charge in [0.25, 0.3) is 5.91 Å². The molecule has 0 aliphatic carbocycles. The van der Waals surface area contributed by atoms with E-state index in [2.05, 4.69) is 23.2 Å². The fraction of sp³-hybridized carbons (Fsp3) is 0.435. The molecule has 29 heavy (non-hydrogen) atoms. The summed E-state index contributed by atoms with van der Waals surface area (Å²) >= 11 is 0. The number of ether oxygens (including phenoxy) is 1. The number of hydrogen-bond donors (Lipinski definition) is 0. The van der Waals surface area contributed by atoms with Crippen LogP contribution >= 0.6 is 0 Å². The van der Waals surface area contributed by atoms with Gasteiger partial charge >= 0.3 is 0 Å². The van der Waals surface area contributed by atoms with E-state index >= 15 is 0 Å². The van der Waals surface area contributed by atoms with Crippen LogP contribution in [-0.2, 0) is 4.74 Å². The zero-order valence-corrected chi connectivity index (χ0v) is 17.8. The molecule has 6 heteroatoms. The summed E-state index contributed by atoms with van der Waals surface area (Å²) < 4.78 is 6.08. The molecule has 1 amide bonds. The first-order chi connectivity index (χ1) is 14.0. The molecule has 1 atom stereocenters. The molecule has 0 spiro atoms. The molecule has 2 aromatic rings.